The van der Waals surface area contributed by atoms with Crippen molar-refractivity contribution in [2.75, 3.05) is 11.9 Å². The summed E-state index contributed by atoms with van der Waals surface area (Å²) in [6, 6.07) is 19.5. The second kappa shape index (κ2) is 10.1. The standard InChI is InChI=1S/C28H29FN2O3/c1-4-26(28(33)30-23-11-9-22(29)10-12-23)34-24-13-8-20-14-15-31(19(3)32)27(25(20)17-24)21-7-5-6-18(2)16-21/h5-13,16-17,26-27H,4,14-15H2,1-3H3,(H,30,33)/t26-,27-/m0/s1. The summed E-state index contributed by atoms with van der Waals surface area (Å²) in [5, 5.41) is 2.78. The largest absolute Gasteiger partial charge is 0.481 e. The zero-order valence-corrected chi connectivity index (χ0v) is 19.7. The first kappa shape index (κ1) is 23.5. The van der Waals surface area contributed by atoms with Crippen molar-refractivity contribution in [2.24, 2.45) is 0 Å². The topological polar surface area (TPSA) is 58.6 Å². The molecular weight excluding hydrogens is 431 g/mol. The fraction of sp³-hybridized carbons (Fsp3) is 0.286. The highest BCUT2D eigenvalue weighted by atomic mass is 19.1. The Morgan fingerprint density at radius 3 is 2.56 bits per heavy atom. The van der Waals surface area contributed by atoms with Crippen LogP contribution in [-0.4, -0.2) is 29.4 Å². The number of nitrogens with zero attached hydrogens (tertiary/aromatic N) is 1. The molecule has 3 aromatic carbocycles. The number of carbonyl (C=O) groups excluding carboxylic acids is 2. The van der Waals surface area contributed by atoms with Crippen molar-refractivity contribution in [3.05, 3.63) is 94.8 Å². The Morgan fingerprint density at radius 1 is 1.12 bits per heavy atom. The molecule has 0 saturated heterocycles. The molecule has 2 atom stereocenters. The van der Waals surface area contributed by atoms with Gasteiger partial charge in [0.05, 0.1) is 6.04 Å². The summed E-state index contributed by atoms with van der Waals surface area (Å²) in [7, 11) is 0. The molecule has 3 aromatic rings. The Morgan fingerprint density at radius 2 is 1.88 bits per heavy atom. The lowest BCUT2D eigenvalue weighted by molar-refractivity contribution is -0.130. The molecule has 0 spiro atoms. The number of hydrogen-bond acceptors (Lipinski definition) is 3. The molecule has 1 heterocycles. The molecule has 0 aliphatic carbocycles. The van der Waals surface area contributed by atoms with Crippen LogP contribution in [0.3, 0.4) is 0 Å². The summed E-state index contributed by atoms with van der Waals surface area (Å²) in [5.74, 6) is -0.0676. The van der Waals surface area contributed by atoms with E-state index in [0.717, 1.165) is 23.1 Å². The van der Waals surface area contributed by atoms with E-state index in [9.17, 15) is 14.0 Å². The molecule has 0 fully saturated rings. The van der Waals surface area contributed by atoms with Gasteiger partial charge in [0.25, 0.3) is 5.91 Å². The molecule has 0 aromatic heterocycles. The third-order valence-electron chi connectivity index (χ3n) is 6.16. The van der Waals surface area contributed by atoms with Gasteiger partial charge in [0.15, 0.2) is 6.10 Å². The van der Waals surface area contributed by atoms with E-state index in [4.69, 9.17) is 4.74 Å². The van der Waals surface area contributed by atoms with E-state index in [1.54, 1.807) is 6.92 Å². The van der Waals surface area contributed by atoms with E-state index in [0.29, 0.717) is 24.4 Å². The number of fused-ring (bicyclic) bond motifs is 1. The molecule has 0 bridgehead atoms. The predicted molar refractivity (Wildman–Crippen MR) is 130 cm³/mol. The number of nitrogens with one attached hydrogen (secondary N) is 1. The maximum atomic E-state index is 13.2. The van der Waals surface area contributed by atoms with Crippen molar-refractivity contribution < 1.29 is 18.7 Å². The number of ether oxygens (including phenoxy) is 1. The fourth-order valence-corrected chi connectivity index (χ4v) is 4.45. The lowest BCUT2D eigenvalue weighted by Crippen LogP contribution is -2.39. The first-order valence-electron chi connectivity index (χ1n) is 11.6. The zero-order valence-electron chi connectivity index (χ0n) is 19.7. The van der Waals surface area contributed by atoms with Gasteiger partial charge in [0, 0.05) is 19.2 Å². The Labute approximate surface area is 199 Å². The molecule has 34 heavy (non-hydrogen) atoms. The quantitative estimate of drug-likeness (QED) is 0.534. The summed E-state index contributed by atoms with van der Waals surface area (Å²) in [5.41, 5.74) is 4.87. The molecule has 1 N–H and O–H groups in total. The third-order valence-corrected chi connectivity index (χ3v) is 6.16. The predicted octanol–water partition coefficient (Wildman–Crippen LogP) is 5.42. The zero-order chi connectivity index (χ0) is 24.2. The van der Waals surface area contributed by atoms with Crippen molar-refractivity contribution in [1.29, 1.82) is 0 Å². The molecule has 4 rings (SSSR count). The van der Waals surface area contributed by atoms with Gasteiger partial charge in [0.2, 0.25) is 5.91 Å². The van der Waals surface area contributed by atoms with Crippen molar-refractivity contribution >= 4 is 17.5 Å². The normalized spacial score (nSPS) is 15.9. The van der Waals surface area contributed by atoms with E-state index >= 15 is 0 Å². The van der Waals surface area contributed by atoms with Crippen LogP contribution < -0.4 is 10.1 Å². The summed E-state index contributed by atoms with van der Waals surface area (Å²) < 4.78 is 19.3. The highest BCUT2D eigenvalue weighted by Gasteiger charge is 2.31. The Hall–Kier alpha value is -3.67. The summed E-state index contributed by atoms with van der Waals surface area (Å²) >= 11 is 0. The molecule has 176 valence electrons. The van der Waals surface area contributed by atoms with E-state index in [1.807, 2.05) is 55.1 Å². The average molecular weight is 461 g/mol. The summed E-state index contributed by atoms with van der Waals surface area (Å²) in [4.78, 5) is 27.2. The maximum Gasteiger partial charge on any atom is 0.265 e. The van der Waals surface area contributed by atoms with Crippen LogP contribution in [0.4, 0.5) is 10.1 Å². The first-order chi connectivity index (χ1) is 16.4. The van der Waals surface area contributed by atoms with Gasteiger partial charge in [0.1, 0.15) is 11.6 Å². The number of rotatable bonds is 6. The van der Waals surface area contributed by atoms with Crippen LogP contribution in [0.5, 0.6) is 5.75 Å². The molecule has 1 aliphatic heterocycles. The number of anilines is 1. The van der Waals surface area contributed by atoms with Crippen molar-refractivity contribution in [2.45, 2.75) is 45.8 Å². The summed E-state index contributed by atoms with van der Waals surface area (Å²) in [6.45, 7) is 6.16. The number of halogens is 1. The molecule has 1 aliphatic rings. The highest BCUT2D eigenvalue weighted by Crippen LogP contribution is 2.37. The number of amides is 2. The van der Waals surface area contributed by atoms with E-state index in [-0.39, 0.29) is 23.7 Å². The molecule has 0 unspecified atom stereocenters. The van der Waals surface area contributed by atoms with E-state index in [1.165, 1.54) is 29.8 Å². The second-order valence-corrected chi connectivity index (χ2v) is 8.65. The van der Waals surface area contributed by atoms with Gasteiger partial charge in [-0.1, -0.05) is 42.8 Å². The maximum absolute atomic E-state index is 13.2. The monoisotopic (exact) mass is 460 g/mol. The Kier molecular flexibility index (Phi) is 6.96. The molecule has 0 radical (unpaired) electrons. The van der Waals surface area contributed by atoms with Gasteiger partial charge < -0.3 is 15.0 Å². The van der Waals surface area contributed by atoms with E-state index < -0.39 is 6.10 Å². The highest BCUT2D eigenvalue weighted by molar-refractivity contribution is 5.94. The van der Waals surface area contributed by atoms with Gasteiger partial charge in [-0.15, -0.1) is 0 Å². The number of aryl methyl sites for hydroxylation is 1. The van der Waals surface area contributed by atoms with Crippen LogP contribution in [0.15, 0.2) is 66.7 Å². The lowest BCUT2D eigenvalue weighted by atomic mass is 9.87. The Balaban J connectivity index is 1.61. The lowest BCUT2D eigenvalue weighted by Gasteiger charge is -2.37. The van der Waals surface area contributed by atoms with Crippen LogP contribution in [-0.2, 0) is 16.0 Å². The number of carbonyl (C=O) groups is 2. The smallest absolute Gasteiger partial charge is 0.265 e. The SMILES string of the molecule is CC[C@H](Oc1ccc2c(c1)[C@H](c1cccc(C)c1)N(C(C)=O)CC2)C(=O)Nc1ccc(F)cc1. The van der Waals surface area contributed by atoms with Gasteiger partial charge in [-0.05, 0) is 72.9 Å². The minimum absolute atomic E-state index is 0.0218. The van der Waals surface area contributed by atoms with Crippen molar-refractivity contribution in [3.63, 3.8) is 0 Å². The van der Waals surface area contributed by atoms with Crippen LogP contribution in [0.25, 0.3) is 0 Å². The third kappa shape index (κ3) is 5.11. The van der Waals surface area contributed by atoms with Crippen LogP contribution in [0, 0.1) is 12.7 Å². The number of hydrogen-bond donors (Lipinski definition) is 1. The molecule has 5 nitrogen and oxygen atoms in total. The Bertz CT molecular complexity index is 1190. The summed E-state index contributed by atoms with van der Waals surface area (Å²) in [6.07, 6.45) is 0.512. The molecular formula is C28H29FN2O3. The fourth-order valence-electron chi connectivity index (χ4n) is 4.45. The first-order valence-corrected chi connectivity index (χ1v) is 11.6. The molecule has 0 saturated carbocycles. The van der Waals surface area contributed by atoms with Gasteiger partial charge >= 0.3 is 0 Å². The van der Waals surface area contributed by atoms with Gasteiger partial charge in [-0.3, -0.25) is 9.59 Å². The minimum atomic E-state index is -0.715. The molecule has 6 heteroatoms. The minimum Gasteiger partial charge on any atom is -0.481 e. The average Bonchev–Trinajstić information content (AvgIpc) is 2.82. The van der Waals surface area contributed by atoms with Gasteiger partial charge in [-0.2, -0.15) is 0 Å². The second-order valence-electron chi connectivity index (χ2n) is 8.65. The van der Waals surface area contributed by atoms with Gasteiger partial charge in [-0.25, -0.2) is 4.39 Å². The van der Waals surface area contributed by atoms with Crippen molar-refractivity contribution in [1.82, 2.24) is 4.90 Å². The number of benzene rings is 3. The van der Waals surface area contributed by atoms with Crippen LogP contribution >= 0.6 is 0 Å². The molecule has 2 amide bonds. The van der Waals surface area contributed by atoms with Crippen molar-refractivity contribution in [3.8, 4) is 5.75 Å². The van der Waals surface area contributed by atoms with Crippen LogP contribution in [0.2, 0.25) is 0 Å². The van der Waals surface area contributed by atoms with Crippen LogP contribution in [0.1, 0.15) is 48.6 Å². The van der Waals surface area contributed by atoms with E-state index in [2.05, 4.69) is 11.4 Å².